The van der Waals surface area contributed by atoms with Gasteiger partial charge in [0.2, 0.25) is 0 Å². The number of nitro groups is 1. The Morgan fingerprint density at radius 2 is 2.08 bits per heavy atom. The molecular weight excluding hydrogens is 332 g/mol. The van der Waals surface area contributed by atoms with Crippen LogP contribution >= 0.6 is 0 Å². The number of esters is 1. The van der Waals surface area contributed by atoms with Crippen molar-refractivity contribution >= 4 is 23.3 Å². The number of nitrogens with zero attached hydrogens (tertiary/aromatic N) is 2. The number of nitro benzene ring substituents is 1. The van der Waals surface area contributed by atoms with Crippen LogP contribution in [0.3, 0.4) is 0 Å². The van der Waals surface area contributed by atoms with Gasteiger partial charge < -0.3 is 14.7 Å². The standard InChI is InChI=1S/C16H16N2O7/c1-3-25-12(20)8-17-14(13(9(2)19)15(21)16(17)22)10-5-4-6-11(7-10)18(23)24/h4-7,14,21H,3,8H2,1-2H3. The molecule has 25 heavy (non-hydrogen) atoms. The largest absolute Gasteiger partial charge is 0.503 e. The van der Waals surface area contributed by atoms with Crippen LogP contribution in [0.2, 0.25) is 0 Å². The van der Waals surface area contributed by atoms with Gasteiger partial charge in [0.15, 0.2) is 11.5 Å². The fourth-order valence-electron chi connectivity index (χ4n) is 2.68. The molecule has 0 aromatic heterocycles. The van der Waals surface area contributed by atoms with Crippen molar-refractivity contribution in [1.29, 1.82) is 0 Å². The molecule has 1 aliphatic heterocycles. The molecule has 9 nitrogen and oxygen atoms in total. The molecule has 1 unspecified atom stereocenters. The zero-order chi connectivity index (χ0) is 18.7. The Hall–Kier alpha value is -3.23. The summed E-state index contributed by atoms with van der Waals surface area (Å²) in [6.07, 6.45) is 0. The molecule has 0 saturated carbocycles. The Morgan fingerprint density at radius 3 is 2.64 bits per heavy atom. The lowest BCUT2D eigenvalue weighted by atomic mass is 9.96. The zero-order valence-electron chi connectivity index (χ0n) is 13.6. The summed E-state index contributed by atoms with van der Waals surface area (Å²) in [6, 6.07) is 4.22. The maximum atomic E-state index is 12.3. The lowest BCUT2D eigenvalue weighted by molar-refractivity contribution is -0.384. The minimum absolute atomic E-state index is 0.0985. The second kappa shape index (κ2) is 7.12. The van der Waals surface area contributed by atoms with E-state index in [9.17, 15) is 29.6 Å². The molecule has 0 saturated heterocycles. The van der Waals surface area contributed by atoms with E-state index in [1.54, 1.807) is 6.92 Å². The number of carbonyl (C=O) groups excluding carboxylic acids is 3. The van der Waals surface area contributed by atoms with E-state index in [1.807, 2.05) is 0 Å². The first-order valence-corrected chi connectivity index (χ1v) is 7.42. The van der Waals surface area contributed by atoms with Gasteiger partial charge >= 0.3 is 5.97 Å². The minimum Gasteiger partial charge on any atom is -0.503 e. The number of aliphatic hydroxyl groups is 1. The molecule has 132 valence electrons. The van der Waals surface area contributed by atoms with E-state index in [0.29, 0.717) is 0 Å². The number of rotatable bonds is 6. The molecule has 1 N–H and O–H groups in total. The number of amides is 1. The number of Topliss-reactive ketones (excluding diaryl/α,β-unsaturated/α-hetero) is 1. The number of ketones is 1. The Kier molecular flexibility index (Phi) is 5.16. The molecule has 9 heteroatoms. The Balaban J connectivity index is 2.51. The Morgan fingerprint density at radius 1 is 1.40 bits per heavy atom. The minimum atomic E-state index is -1.10. The number of non-ortho nitro benzene ring substituents is 1. The smallest absolute Gasteiger partial charge is 0.325 e. The van der Waals surface area contributed by atoms with Crippen molar-refractivity contribution in [2.45, 2.75) is 19.9 Å². The van der Waals surface area contributed by atoms with Gasteiger partial charge in [0.25, 0.3) is 11.6 Å². The van der Waals surface area contributed by atoms with Gasteiger partial charge in [-0.25, -0.2) is 0 Å². The van der Waals surface area contributed by atoms with Gasteiger partial charge in [-0.2, -0.15) is 0 Å². The first kappa shape index (κ1) is 18.1. The Bertz CT molecular complexity index is 784. The zero-order valence-corrected chi connectivity index (χ0v) is 13.6. The molecule has 0 aliphatic carbocycles. The number of aliphatic hydroxyl groups excluding tert-OH is 1. The van der Waals surface area contributed by atoms with Crippen LogP contribution in [0.5, 0.6) is 0 Å². The molecular formula is C16H16N2O7. The van der Waals surface area contributed by atoms with Gasteiger partial charge in [0, 0.05) is 12.1 Å². The van der Waals surface area contributed by atoms with Gasteiger partial charge in [-0.3, -0.25) is 24.5 Å². The van der Waals surface area contributed by atoms with E-state index in [1.165, 1.54) is 24.3 Å². The molecule has 1 heterocycles. The van der Waals surface area contributed by atoms with Crippen molar-refractivity contribution < 1.29 is 29.2 Å². The van der Waals surface area contributed by atoms with Crippen LogP contribution < -0.4 is 0 Å². The lowest BCUT2D eigenvalue weighted by Gasteiger charge is -2.25. The molecule has 1 aromatic carbocycles. The second-order valence-electron chi connectivity index (χ2n) is 5.31. The molecule has 0 fully saturated rings. The lowest BCUT2D eigenvalue weighted by Crippen LogP contribution is -2.36. The predicted octanol–water partition coefficient (Wildman–Crippen LogP) is 1.44. The van der Waals surface area contributed by atoms with Gasteiger partial charge in [-0.1, -0.05) is 12.1 Å². The molecule has 1 amide bonds. The van der Waals surface area contributed by atoms with Gasteiger partial charge in [-0.05, 0) is 19.4 Å². The molecule has 1 atom stereocenters. The third-order valence-corrected chi connectivity index (χ3v) is 3.68. The maximum absolute atomic E-state index is 12.3. The molecule has 0 spiro atoms. The third-order valence-electron chi connectivity index (χ3n) is 3.68. The quantitative estimate of drug-likeness (QED) is 0.468. The average molecular weight is 348 g/mol. The average Bonchev–Trinajstić information content (AvgIpc) is 2.80. The van der Waals surface area contributed by atoms with Crippen LogP contribution in [-0.2, 0) is 19.1 Å². The maximum Gasteiger partial charge on any atom is 0.325 e. The van der Waals surface area contributed by atoms with Gasteiger partial charge in [0.05, 0.1) is 23.1 Å². The summed E-state index contributed by atoms with van der Waals surface area (Å²) in [5.74, 6) is -2.97. The number of hydrogen-bond acceptors (Lipinski definition) is 7. The van der Waals surface area contributed by atoms with E-state index in [-0.39, 0.29) is 23.4 Å². The number of benzene rings is 1. The first-order valence-electron chi connectivity index (χ1n) is 7.42. The summed E-state index contributed by atoms with van der Waals surface area (Å²) in [6.45, 7) is 2.36. The van der Waals surface area contributed by atoms with Crippen molar-refractivity contribution in [1.82, 2.24) is 4.90 Å². The summed E-state index contributed by atoms with van der Waals surface area (Å²) in [5.41, 5.74) is -0.216. The highest BCUT2D eigenvalue weighted by Gasteiger charge is 2.43. The monoisotopic (exact) mass is 348 g/mol. The second-order valence-corrected chi connectivity index (χ2v) is 5.31. The third kappa shape index (κ3) is 3.49. The highest BCUT2D eigenvalue weighted by molar-refractivity contribution is 6.08. The summed E-state index contributed by atoms with van der Waals surface area (Å²) in [5, 5.41) is 21.0. The highest BCUT2D eigenvalue weighted by atomic mass is 16.6. The van der Waals surface area contributed by atoms with Crippen LogP contribution in [-0.4, -0.2) is 45.7 Å². The Labute approximate surface area is 142 Å². The van der Waals surface area contributed by atoms with E-state index < -0.39 is 40.9 Å². The summed E-state index contributed by atoms with van der Waals surface area (Å²) in [4.78, 5) is 47.3. The molecule has 2 rings (SSSR count). The fraction of sp³-hybridized carbons (Fsp3) is 0.312. The highest BCUT2D eigenvalue weighted by Crippen LogP contribution is 2.38. The summed E-state index contributed by atoms with van der Waals surface area (Å²) < 4.78 is 4.80. The molecule has 0 radical (unpaired) electrons. The van der Waals surface area contributed by atoms with Crippen LogP contribution in [0.15, 0.2) is 35.6 Å². The van der Waals surface area contributed by atoms with E-state index in [2.05, 4.69) is 0 Å². The first-order chi connectivity index (χ1) is 11.8. The number of hydrogen-bond donors (Lipinski definition) is 1. The van der Waals surface area contributed by atoms with Gasteiger partial charge in [-0.15, -0.1) is 0 Å². The van der Waals surface area contributed by atoms with Crippen LogP contribution in [0.4, 0.5) is 5.69 Å². The van der Waals surface area contributed by atoms with Crippen LogP contribution in [0, 0.1) is 10.1 Å². The molecule has 1 aliphatic rings. The van der Waals surface area contributed by atoms with Crippen molar-refractivity contribution in [2.75, 3.05) is 13.2 Å². The van der Waals surface area contributed by atoms with Crippen molar-refractivity contribution in [3.8, 4) is 0 Å². The normalized spacial score (nSPS) is 17.0. The topological polar surface area (TPSA) is 127 Å². The van der Waals surface area contributed by atoms with E-state index >= 15 is 0 Å². The van der Waals surface area contributed by atoms with Crippen LogP contribution in [0.1, 0.15) is 25.5 Å². The predicted molar refractivity (Wildman–Crippen MR) is 84.5 cm³/mol. The van der Waals surface area contributed by atoms with E-state index in [4.69, 9.17) is 4.74 Å². The van der Waals surface area contributed by atoms with Crippen molar-refractivity contribution in [2.24, 2.45) is 0 Å². The molecule has 1 aromatic rings. The summed E-state index contributed by atoms with van der Waals surface area (Å²) >= 11 is 0. The van der Waals surface area contributed by atoms with Crippen molar-refractivity contribution in [3.05, 3.63) is 51.3 Å². The number of ether oxygens (including phenoxy) is 1. The molecule has 0 bridgehead atoms. The SMILES string of the molecule is CCOC(=O)CN1C(=O)C(O)=C(C(C)=O)C1c1cccc([N+](=O)[O-])c1. The van der Waals surface area contributed by atoms with Crippen LogP contribution in [0.25, 0.3) is 0 Å². The van der Waals surface area contributed by atoms with Crippen molar-refractivity contribution in [3.63, 3.8) is 0 Å². The van der Waals surface area contributed by atoms with E-state index in [0.717, 1.165) is 11.8 Å². The summed E-state index contributed by atoms with van der Waals surface area (Å²) in [7, 11) is 0. The van der Waals surface area contributed by atoms with Gasteiger partial charge in [0.1, 0.15) is 6.54 Å². The fourth-order valence-corrected chi connectivity index (χ4v) is 2.68. The number of carbonyl (C=O) groups is 3.